The van der Waals surface area contributed by atoms with Crippen LogP contribution in [0.3, 0.4) is 0 Å². The van der Waals surface area contributed by atoms with Gasteiger partial charge in [-0.1, -0.05) is 29.3 Å². The zero-order valence-electron chi connectivity index (χ0n) is 16.3. The third-order valence-corrected chi connectivity index (χ3v) is 8.73. The van der Waals surface area contributed by atoms with Crippen LogP contribution in [0.5, 0.6) is 5.75 Å². The monoisotopic (exact) mass is 783 g/mol. The van der Waals surface area contributed by atoms with Crippen LogP contribution in [0.2, 0.25) is 10.0 Å². The van der Waals surface area contributed by atoms with E-state index >= 15 is 0 Å². The van der Waals surface area contributed by atoms with Gasteiger partial charge in [0.1, 0.15) is 12.4 Å². The minimum atomic E-state index is -0.508. The van der Waals surface area contributed by atoms with Gasteiger partial charge in [-0.15, -0.1) is 0 Å². The van der Waals surface area contributed by atoms with Crippen molar-refractivity contribution in [2.45, 2.75) is 6.61 Å². The summed E-state index contributed by atoms with van der Waals surface area (Å²) < 4.78 is 14.7. The van der Waals surface area contributed by atoms with Crippen LogP contribution in [0, 0.1) is 3.57 Å². The van der Waals surface area contributed by atoms with E-state index in [4.69, 9.17) is 32.7 Å². The van der Waals surface area contributed by atoms with Gasteiger partial charge in [0.05, 0.1) is 19.0 Å². The van der Waals surface area contributed by atoms with Crippen LogP contribution in [-0.4, -0.2) is 11.9 Å². The summed E-state index contributed by atoms with van der Waals surface area (Å²) in [6.45, 7) is 0.306. The Hall–Kier alpha value is -0.910. The molecular formula is C23H11Br3Cl2INO3. The number of benzene rings is 3. The molecule has 0 spiro atoms. The van der Waals surface area contributed by atoms with Gasteiger partial charge in [-0.05, 0) is 130 Å². The number of esters is 1. The molecule has 0 radical (unpaired) electrons. The summed E-state index contributed by atoms with van der Waals surface area (Å²) in [5.41, 5.74) is 2.55. The third kappa shape index (κ3) is 6.02. The smallest absolute Gasteiger partial charge is 0.363 e. The quantitative estimate of drug-likeness (QED) is 0.148. The lowest BCUT2D eigenvalue weighted by molar-refractivity contribution is -0.129. The van der Waals surface area contributed by atoms with Crippen molar-refractivity contribution in [3.63, 3.8) is 0 Å². The molecule has 168 valence electrons. The molecule has 0 amide bonds. The first kappa shape index (κ1) is 25.2. The van der Waals surface area contributed by atoms with E-state index in [1.54, 1.807) is 18.2 Å². The molecule has 0 saturated carbocycles. The summed E-state index contributed by atoms with van der Waals surface area (Å²) in [5.74, 6) is 0.375. The van der Waals surface area contributed by atoms with Crippen LogP contribution >= 0.6 is 93.6 Å². The van der Waals surface area contributed by atoms with E-state index in [2.05, 4.69) is 75.4 Å². The van der Waals surface area contributed by atoms with E-state index in [-0.39, 0.29) is 11.6 Å². The predicted octanol–water partition coefficient (Wildman–Crippen LogP) is 8.81. The van der Waals surface area contributed by atoms with Gasteiger partial charge in [0.2, 0.25) is 5.90 Å². The first-order chi connectivity index (χ1) is 15.7. The van der Waals surface area contributed by atoms with Crippen molar-refractivity contribution in [3.05, 3.63) is 98.0 Å². The number of ether oxygens (including phenoxy) is 2. The second-order valence-electron chi connectivity index (χ2n) is 6.82. The lowest BCUT2D eigenvalue weighted by atomic mass is 10.2. The molecule has 0 aliphatic carbocycles. The zero-order chi connectivity index (χ0) is 23.7. The number of aliphatic imine (C=N–C) groups is 1. The lowest BCUT2D eigenvalue weighted by Gasteiger charge is -2.12. The number of carbonyl (C=O) groups excluding carboxylic acids is 1. The van der Waals surface area contributed by atoms with E-state index in [9.17, 15) is 4.79 Å². The van der Waals surface area contributed by atoms with E-state index in [1.165, 1.54) is 0 Å². The molecule has 4 nitrogen and oxygen atoms in total. The van der Waals surface area contributed by atoms with Gasteiger partial charge < -0.3 is 9.47 Å². The summed E-state index contributed by atoms with van der Waals surface area (Å²) in [6.07, 6.45) is 1.66. The van der Waals surface area contributed by atoms with Gasteiger partial charge in [-0.3, -0.25) is 0 Å². The predicted molar refractivity (Wildman–Crippen MR) is 150 cm³/mol. The van der Waals surface area contributed by atoms with Crippen LogP contribution in [-0.2, 0) is 16.1 Å². The van der Waals surface area contributed by atoms with Gasteiger partial charge >= 0.3 is 5.97 Å². The van der Waals surface area contributed by atoms with Crippen molar-refractivity contribution in [1.29, 1.82) is 0 Å². The summed E-state index contributed by atoms with van der Waals surface area (Å²) in [6, 6.07) is 14.7. The van der Waals surface area contributed by atoms with Gasteiger partial charge in [-0.25, -0.2) is 9.79 Å². The molecule has 0 aromatic heterocycles. The van der Waals surface area contributed by atoms with Crippen molar-refractivity contribution in [1.82, 2.24) is 0 Å². The first-order valence-corrected chi connectivity index (χ1v) is 13.5. The molecule has 3 aromatic carbocycles. The van der Waals surface area contributed by atoms with Gasteiger partial charge in [0.15, 0.2) is 5.70 Å². The summed E-state index contributed by atoms with van der Waals surface area (Å²) in [7, 11) is 0. The molecule has 1 heterocycles. The van der Waals surface area contributed by atoms with Crippen LogP contribution in [0.1, 0.15) is 16.7 Å². The molecule has 0 atom stereocenters. The second kappa shape index (κ2) is 10.8. The molecule has 1 aliphatic heterocycles. The first-order valence-electron chi connectivity index (χ1n) is 9.25. The second-order valence-corrected chi connectivity index (χ2v) is 11.4. The highest BCUT2D eigenvalue weighted by molar-refractivity contribution is 14.1. The largest absolute Gasteiger partial charge is 0.487 e. The highest BCUT2D eigenvalue weighted by atomic mass is 127. The Morgan fingerprint density at radius 1 is 0.970 bits per heavy atom. The van der Waals surface area contributed by atoms with E-state index in [0.717, 1.165) is 19.2 Å². The normalized spacial score (nSPS) is 14.4. The van der Waals surface area contributed by atoms with Gasteiger partial charge in [-0.2, -0.15) is 0 Å². The Bertz CT molecular complexity index is 1320. The van der Waals surface area contributed by atoms with Crippen molar-refractivity contribution in [3.8, 4) is 5.75 Å². The van der Waals surface area contributed by atoms with E-state index in [1.807, 2.05) is 36.4 Å². The van der Waals surface area contributed by atoms with Crippen LogP contribution < -0.4 is 4.74 Å². The molecule has 0 fully saturated rings. The topological polar surface area (TPSA) is 47.9 Å². The third-order valence-electron chi connectivity index (χ3n) is 4.48. The van der Waals surface area contributed by atoms with Gasteiger partial charge in [0.25, 0.3) is 0 Å². The molecule has 1 aliphatic rings. The standard InChI is InChI=1S/C23H11Br3Cl2INO3/c24-14-9-13(2-4-19(14)29)22-30-20(23(31)33-22)8-12-5-15(25)21(16(26)6-12)32-10-11-1-3-17(27)18(28)7-11/h1-9H,10H2/b20-8-. The van der Waals surface area contributed by atoms with Crippen molar-refractivity contribution < 1.29 is 14.3 Å². The molecule has 0 unspecified atom stereocenters. The maximum Gasteiger partial charge on any atom is 0.363 e. The van der Waals surface area contributed by atoms with Crippen molar-refractivity contribution in [2.75, 3.05) is 0 Å². The fraction of sp³-hybridized carbons (Fsp3) is 0.0435. The number of halogens is 6. The molecule has 0 bridgehead atoms. The van der Waals surface area contributed by atoms with Crippen molar-refractivity contribution in [2.24, 2.45) is 4.99 Å². The molecule has 10 heteroatoms. The summed E-state index contributed by atoms with van der Waals surface area (Å²) in [5, 5.41) is 0.963. The number of carbonyl (C=O) groups is 1. The van der Waals surface area contributed by atoms with Crippen LogP contribution in [0.15, 0.2) is 72.6 Å². The fourth-order valence-corrected chi connectivity index (χ4v) is 5.39. The molecule has 33 heavy (non-hydrogen) atoms. The minimum absolute atomic E-state index is 0.211. The Morgan fingerprint density at radius 2 is 1.70 bits per heavy atom. The molecular weight excluding hydrogens is 776 g/mol. The lowest BCUT2D eigenvalue weighted by Crippen LogP contribution is -2.05. The number of nitrogens with zero attached hydrogens (tertiary/aromatic N) is 1. The minimum Gasteiger partial charge on any atom is -0.487 e. The Labute approximate surface area is 238 Å². The fourth-order valence-electron chi connectivity index (χ4n) is 2.91. The SMILES string of the molecule is O=C1OC(c2ccc(I)c(Br)c2)=N/C1=C\c1cc(Br)c(OCc2ccc(Cl)c(Cl)c2)c(Br)c1. The Balaban J connectivity index is 1.55. The number of hydrogen-bond donors (Lipinski definition) is 0. The average molecular weight is 787 g/mol. The maximum absolute atomic E-state index is 12.4. The van der Waals surface area contributed by atoms with E-state index in [0.29, 0.717) is 36.9 Å². The zero-order valence-corrected chi connectivity index (χ0v) is 24.8. The highest BCUT2D eigenvalue weighted by Gasteiger charge is 2.25. The summed E-state index contributed by atoms with van der Waals surface area (Å²) >= 11 is 24.8. The molecule has 3 aromatic rings. The maximum atomic E-state index is 12.4. The summed E-state index contributed by atoms with van der Waals surface area (Å²) in [4.78, 5) is 16.8. The molecule has 0 N–H and O–H groups in total. The van der Waals surface area contributed by atoms with Crippen molar-refractivity contribution >= 4 is 112 Å². The Morgan fingerprint density at radius 3 is 2.36 bits per heavy atom. The number of hydrogen-bond acceptors (Lipinski definition) is 4. The van der Waals surface area contributed by atoms with E-state index < -0.39 is 5.97 Å². The Kier molecular flexibility index (Phi) is 8.23. The van der Waals surface area contributed by atoms with Crippen LogP contribution in [0.25, 0.3) is 6.08 Å². The molecule has 0 saturated heterocycles. The van der Waals surface area contributed by atoms with Crippen LogP contribution in [0.4, 0.5) is 0 Å². The number of rotatable bonds is 5. The average Bonchev–Trinajstić information content (AvgIpc) is 3.12. The number of cyclic esters (lactones) is 1. The highest BCUT2D eigenvalue weighted by Crippen LogP contribution is 2.36. The molecule has 4 rings (SSSR count). The van der Waals surface area contributed by atoms with Gasteiger partial charge in [0, 0.05) is 13.6 Å².